The number of hydrogen-bond donors (Lipinski definition) is 0. The Morgan fingerprint density at radius 2 is 1.57 bits per heavy atom. The summed E-state index contributed by atoms with van der Waals surface area (Å²) in [6, 6.07) is 10.8. The van der Waals surface area contributed by atoms with Crippen LogP contribution in [0.2, 0.25) is 0 Å². The molecule has 2 aromatic carbocycles. The summed E-state index contributed by atoms with van der Waals surface area (Å²) in [4.78, 5) is 0. The maximum atomic E-state index is 2.24. The zero-order valence-electron chi connectivity index (χ0n) is 9.39. The summed E-state index contributed by atoms with van der Waals surface area (Å²) in [5, 5.41) is 2.76. The van der Waals surface area contributed by atoms with E-state index in [4.69, 9.17) is 0 Å². The van der Waals surface area contributed by atoms with Gasteiger partial charge >= 0.3 is 0 Å². The molecule has 0 fully saturated rings. The summed E-state index contributed by atoms with van der Waals surface area (Å²) in [6.07, 6.45) is 0. The number of aryl methyl sites for hydroxylation is 2. The van der Waals surface area contributed by atoms with Gasteiger partial charge in [0.2, 0.25) is 0 Å². The van der Waals surface area contributed by atoms with Crippen LogP contribution < -0.4 is 0 Å². The number of fused-ring (bicyclic) bond motifs is 1. The number of benzene rings is 1. The van der Waals surface area contributed by atoms with E-state index in [2.05, 4.69) is 44.2 Å². The van der Waals surface area contributed by atoms with Crippen molar-refractivity contribution in [3.8, 4) is 0 Å². The first-order chi connectivity index (χ1) is 5.29. The molecule has 0 nitrogen and oxygen atoms in total. The van der Waals surface area contributed by atoms with Crippen molar-refractivity contribution in [1.82, 2.24) is 0 Å². The Morgan fingerprint density at radius 3 is 2.14 bits per heavy atom. The van der Waals surface area contributed by atoms with Crippen LogP contribution in [0.15, 0.2) is 30.3 Å². The zero-order chi connectivity index (χ0) is 7.84. The maximum Gasteiger partial charge on any atom is 0 e. The standard InChI is InChI=1S/C11H11.2CH3.Hf/c1-8-7-10-5-3-4-6-11(10)9(8)2;;;/h3-7H,1-2H3;2*1H3;/q3*-1;. The minimum Gasteiger partial charge on any atom is -0.358 e. The number of hydrogen-bond acceptors (Lipinski definition) is 0. The van der Waals surface area contributed by atoms with Gasteiger partial charge in [0.25, 0.3) is 0 Å². The van der Waals surface area contributed by atoms with Crippen LogP contribution in [0.1, 0.15) is 11.1 Å². The molecule has 0 saturated heterocycles. The summed E-state index contributed by atoms with van der Waals surface area (Å²) >= 11 is 0. The summed E-state index contributed by atoms with van der Waals surface area (Å²) in [5.74, 6) is 0. The van der Waals surface area contributed by atoms with Crippen molar-refractivity contribution in [3.63, 3.8) is 0 Å². The normalized spacial score (nSPS) is 8.43. The van der Waals surface area contributed by atoms with E-state index >= 15 is 0 Å². The molecule has 0 atom stereocenters. The predicted molar refractivity (Wildman–Crippen MR) is 61.8 cm³/mol. The fourth-order valence-corrected chi connectivity index (χ4v) is 1.52. The quantitative estimate of drug-likeness (QED) is 0.496. The van der Waals surface area contributed by atoms with Gasteiger partial charge in [0.05, 0.1) is 0 Å². The molecular weight excluding hydrogens is 335 g/mol. The van der Waals surface area contributed by atoms with Gasteiger partial charge in [0.1, 0.15) is 0 Å². The molecular formula is C13H17Hf-3. The van der Waals surface area contributed by atoms with Crippen molar-refractivity contribution in [2.75, 3.05) is 0 Å². The Balaban J connectivity index is 0. The molecule has 14 heavy (non-hydrogen) atoms. The first kappa shape index (κ1) is 16.1. The molecule has 0 aliphatic carbocycles. The van der Waals surface area contributed by atoms with Crippen LogP contribution in [-0.4, -0.2) is 0 Å². The van der Waals surface area contributed by atoms with Crippen molar-refractivity contribution >= 4 is 10.8 Å². The molecule has 2 aromatic rings. The molecule has 0 radical (unpaired) electrons. The minimum atomic E-state index is 0. The Labute approximate surface area is 106 Å². The fourth-order valence-electron chi connectivity index (χ4n) is 1.52. The molecule has 0 unspecified atom stereocenters. The summed E-state index contributed by atoms with van der Waals surface area (Å²) in [6.45, 7) is 4.34. The Hall–Kier alpha value is -0.300. The fraction of sp³-hybridized carbons (Fsp3) is 0.154. The van der Waals surface area contributed by atoms with E-state index in [1.807, 2.05) is 0 Å². The summed E-state index contributed by atoms with van der Waals surface area (Å²) < 4.78 is 0. The van der Waals surface area contributed by atoms with E-state index in [1.54, 1.807) is 0 Å². The molecule has 0 heterocycles. The number of rotatable bonds is 0. The molecule has 1 heteroatoms. The molecule has 76 valence electrons. The van der Waals surface area contributed by atoms with Crippen molar-refractivity contribution in [1.29, 1.82) is 0 Å². The van der Waals surface area contributed by atoms with Crippen LogP contribution >= 0.6 is 0 Å². The van der Waals surface area contributed by atoms with Crippen molar-refractivity contribution in [2.24, 2.45) is 0 Å². The van der Waals surface area contributed by atoms with E-state index in [9.17, 15) is 0 Å². The molecule has 2 rings (SSSR count). The smallest absolute Gasteiger partial charge is 0 e. The second-order valence-electron chi connectivity index (χ2n) is 3.04. The van der Waals surface area contributed by atoms with Gasteiger partial charge in [-0.1, -0.05) is 19.9 Å². The van der Waals surface area contributed by atoms with Crippen LogP contribution in [-0.2, 0) is 25.8 Å². The first-order valence-corrected chi connectivity index (χ1v) is 3.90. The van der Waals surface area contributed by atoms with Gasteiger partial charge in [-0.3, -0.25) is 0 Å². The van der Waals surface area contributed by atoms with E-state index < -0.39 is 0 Å². The van der Waals surface area contributed by atoms with Crippen LogP contribution in [0.3, 0.4) is 0 Å². The Morgan fingerprint density at radius 1 is 1.00 bits per heavy atom. The van der Waals surface area contributed by atoms with E-state index in [0.717, 1.165) is 0 Å². The average molecular weight is 352 g/mol. The molecule has 0 aromatic heterocycles. The molecule has 0 aliphatic rings. The van der Waals surface area contributed by atoms with Crippen LogP contribution in [0.4, 0.5) is 0 Å². The van der Waals surface area contributed by atoms with E-state index in [0.29, 0.717) is 0 Å². The predicted octanol–water partition coefficient (Wildman–Crippen LogP) is 4.07. The summed E-state index contributed by atoms with van der Waals surface area (Å²) in [7, 11) is 0. The van der Waals surface area contributed by atoms with Crippen LogP contribution in [0.25, 0.3) is 10.8 Å². The van der Waals surface area contributed by atoms with Crippen molar-refractivity contribution in [3.05, 3.63) is 56.3 Å². The third kappa shape index (κ3) is 2.60. The van der Waals surface area contributed by atoms with Gasteiger partial charge in [0.15, 0.2) is 0 Å². The van der Waals surface area contributed by atoms with Gasteiger partial charge in [-0.05, 0) is 0 Å². The van der Waals surface area contributed by atoms with Gasteiger partial charge in [-0.2, -0.15) is 5.56 Å². The second kappa shape index (κ2) is 6.23. The first-order valence-electron chi connectivity index (χ1n) is 3.90. The third-order valence-corrected chi connectivity index (χ3v) is 2.33. The molecule has 0 spiro atoms. The second-order valence-corrected chi connectivity index (χ2v) is 3.04. The third-order valence-electron chi connectivity index (χ3n) is 2.33. The Kier molecular flexibility index (Phi) is 7.19. The van der Waals surface area contributed by atoms with Gasteiger partial charge in [-0.15, -0.1) is 40.6 Å². The van der Waals surface area contributed by atoms with Gasteiger partial charge < -0.3 is 14.9 Å². The monoisotopic (exact) mass is 353 g/mol. The average Bonchev–Trinajstić information content (AvgIpc) is 2.30. The molecule has 0 N–H and O–H groups in total. The summed E-state index contributed by atoms with van der Waals surface area (Å²) in [5.41, 5.74) is 2.81. The molecule has 0 saturated carbocycles. The van der Waals surface area contributed by atoms with Gasteiger partial charge in [0, 0.05) is 25.8 Å². The minimum absolute atomic E-state index is 0. The Bertz CT molecular complexity index is 385. The topological polar surface area (TPSA) is 0 Å². The van der Waals surface area contributed by atoms with Crippen LogP contribution in [0.5, 0.6) is 0 Å². The molecule has 0 aliphatic heterocycles. The zero-order valence-corrected chi connectivity index (χ0v) is 13.0. The molecule has 0 bridgehead atoms. The van der Waals surface area contributed by atoms with Crippen molar-refractivity contribution < 1.29 is 25.8 Å². The van der Waals surface area contributed by atoms with Gasteiger partial charge in [-0.25, -0.2) is 0 Å². The largest absolute Gasteiger partial charge is 0.358 e. The molecule has 0 amide bonds. The SMILES string of the molecule is Cc1[cH-]c2ccccc2c1C.[CH3-].[CH3-].[Hf]. The van der Waals surface area contributed by atoms with Crippen molar-refractivity contribution in [2.45, 2.75) is 13.8 Å². The maximum absolute atomic E-state index is 2.24. The van der Waals surface area contributed by atoms with E-state index in [-0.39, 0.29) is 40.7 Å². The van der Waals surface area contributed by atoms with E-state index in [1.165, 1.54) is 21.9 Å². The van der Waals surface area contributed by atoms with Crippen LogP contribution in [0, 0.1) is 28.7 Å².